The number of rotatable bonds is 7. The minimum Gasteiger partial charge on any atom is -0.325 e. The molecule has 6 nitrogen and oxygen atoms in total. The van der Waals surface area contributed by atoms with Crippen molar-refractivity contribution >= 4 is 17.5 Å². The van der Waals surface area contributed by atoms with Gasteiger partial charge in [-0.2, -0.15) is 0 Å². The molecule has 4 rings (SSSR count). The second-order valence-electron chi connectivity index (χ2n) is 8.55. The molecule has 2 fully saturated rings. The molecule has 1 heterocycles. The number of carbonyl (C=O) groups excluding carboxylic acids is 2. The van der Waals surface area contributed by atoms with Crippen molar-refractivity contribution in [1.29, 1.82) is 0 Å². The quantitative estimate of drug-likeness (QED) is 0.746. The summed E-state index contributed by atoms with van der Waals surface area (Å²) in [6.45, 7) is 3.77. The van der Waals surface area contributed by atoms with Crippen molar-refractivity contribution in [3.05, 3.63) is 41.9 Å². The third-order valence-corrected chi connectivity index (χ3v) is 6.06. The first-order valence-electron chi connectivity index (χ1n) is 11.1. The molecule has 2 amide bonds. The van der Waals surface area contributed by atoms with E-state index in [1.54, 1.807) is 12.1 Å². The van der Waals surface area contributed by atoms with Crippen LogP contribution < -0.4 is 5.32 Å². The lowest BCUT2D eigenvalue weighted by molar-refractivity contribution is -0.132. The van der Waals surface area contributed by atoms with Crippen LogP contribution in [0.25, 0.3) is 0 Å². The van der Waals surface area contributed by atoms with Gasteiger partial charge >= 0.3 is 0 Å². The van der Waals surface area contributed by atoms with Crippen LogP contribution in [0.2, 0.25) is 0 Å². The second kappa shape index (κ2) is 9.71. The Labute approximate surface area is 177 Å². The summed E-state index contributed by atoms with van der Waals surface area (Å²) in [5, 5.41) is 2.74. The zero-order chi connectivity index (χ0) is 20.9. The van der Waals surface area contributed by atoms with E-state index >= 15 is 0 Å². The van der Waals surface area contributed by atoms with E-state index in [1.165, 1.54) is 30.7 Å². The molecule has 1 aromatic carbocycles. The van der Waals surface area contributed by atoms with Crippen LogP contribution in [-0.2, 0) is 9.59 Å². The third-order valence-electron chi connectivity index (χ3n) is 6.06. The summed E-state index contributed by atoms with van der Waals surface area (Å²) in [6.07, 6.45) is 9.02. The Morgan fingerprint density at radius 2 is 1.80 bits per heavy atom. The fourth-order valence-corrected chi connectivity index (χ4v) is 4.31. The minimum absolute atomic E-state index is 0.144. The van der Waals surface area contributed by atoms with E-state index in [0.717, 1.165) is 51.9 Å². The number of allylic oxidation sites excluding steroid dienone is 2. The van der Waals surface area contributed by atoms with Crippen molar-refractivity contribution in [3.8, 4) is 0 Å². The van der Waals surface area contributed by atoms with Crippen LogP contribution in [0.15, 0.2) is 36.0 Å². The highest BCUT2D eigenvalue weighted by Crippen LogP contribution is 2.33. The number of hydrogen-bond donors (Lipinski definition) is 1. The van der Waals surface area contributed by atoms with Crippen molar-refractivity contribution in [2.45, 2.75) is 44.6 Å². The molecule has 7 heteroatoms. The van der Waals surface area contributed by atoms with Crippen LogP contribution in [-0.4, -0.2) is 71.8 Å². The van der Waals surface area contributed by atoms with Crippen molar-refractivity contribution in [1.82, 2.24) is 14.7 Å². The molecule has 1 saturated carbocycles. The van der Waals surface area contributed by atoms with Crippen molar-refractivity contribution < 1.29 is 14.0 Å². The molecule has 1 aliphatic heterocycles. The molecular weight excluding hydrogens is 383 g/mol. The molecule has 0 aromatic heterocycles. The topological polar surface area (TPSA) is 55.9 Å². The Morgan fingerprint density at radius 3 is 2.43 bits per heavy atom. The first-order chi connectivity index (χ1) is 14.6. The normalized spacial score (nSPS) is 20.5. The van der Waals surface area contributed by atoms with E-state index in [4.69, 9.17) is 0 Å². The summed E-state index contributed by atoms with van der Waals surface area (Å²) < 4.78 is 13.3. The van der Waals surface area contributed by atoms with Crippen LogP contribution in [0.1, 0.15) is 38.5 Å². The van der Waals surface area contributed by atoms with E-state index < -0.39 is 0 Å². The molecule has 1 N–H and O–H groups in total. The Hall–Kier alpha value is -2.25. The first-order valence-corrected chi connectivity index (χ1v) is 11.1. The Bertz CT molecular complexity index is 800. The van der Waals surface area contributed by atoms with Crippen LogP contribution >= 0.6 is 0 Å². The maximum absolute atomic E-state index is 13.3. The molecule has 0 radical (unpaired) electrons. The minimum atomic E-state index is -0.365. The molecule has 2 aliphatic carbocycles. The van der Waals surface area contributed by atoms with E-state index in [1.807, 2.05) is 0 Å². The Kier molecular flexibility index (Phi) is 6.79. The summed E-state index contributed by atoms with van der Waals surface area (Å²) in [7, 11) is 0. The highest BCUT2D eigenvalue weighted by atomic mass is 19.1. The maximum atomic E-state index is 13.3. The molecule has 1 saturated heterocycles. The fourth-order valence-electron chi connectivity index (χ4n) is 4.31. The van der Waals surface area contributed by atoms with Crippen molar-refractivity contribution in [2.75, 3.05) is 44.6 Å². The summed E-state index contributed by atoms with van der Waals surface area (Å²) in [6, 6.07) is 6.34. The SMILES string of the molecule is O=C(CN1CCN(CC(=O)N(C2=CCCCC2)C2CC2)CC1)Nc1cccc(F)c1. The first kappa shape index (κ1) is 21.0. The lowest BCUT2D eigenvalue weighted by Gasteiger charge is -2.36. The van der Waals surface area contributed by atoms with Crippen LogP contribution in [0, 0.1) is 5.82 Å². The molecule has 1 aromatic rings. The Morgan fingerprint density at radius 1 is 1.07 bits per heavy atom. The van der Waals surface area contributed by atoms with Gasteiger partial charge in [0.1, 0.15) is 5.82 Å². The number of nitrogens with zero attached hydrogens (tertiary/aromatic N) is 3. The molecule has 0 spiro atoms. The van der Waals surface area contributed by atoms with Gasteiger partial charge in [0, 0.05) is 43.6 Å². The average Bonchev–Trinajstić information content (AvgIpc) is 3.55. The fraction of sp³-hybridized carbons (Fsp3) is 0.565. The van der Waals surface area contributed by atoms with Gasteiger partial charge in [0.05, 0.1) is 13.1 Å². The highest BCUT2D eigenvalue weighted by molar-refractivity contribution is 5.92. The molecule has 0 atom stereocenters. The van der Waals surface area contributed by atoms with Gasteiger partial charge in [-0.05, 0) is 56.7 Å². The van der Waals surface area contributed by atoms with Crippen molar-refractivity contribution in [3.63, 3.8) is 0 Å². The molecular formula is C23H31FN4O2. The monoisotopic (exact) mass is 414 g/mol. The van der Waals surface area contributed by atoms with Gasteiger partial charge in [0.15, 0.2) is 0 Å². The molecule has 162 valence electrons. The summed E-state index contributed by atoms with van der Waals surface area (Å²) in [5.74, 6) is -0.285. The van der Waals surface area contributed by atoms with E-state index in [-0.39, 0.29) is 24.2 Å². The average molecular weight is 415 g/mol. The van der Waals surface area contributed by atoms with Gasteiger partial charge in [0.25, 0.3) is 0 Å². The van der Waals surface area contributed by atoms with Gasteiger partial charge in [-0.1, -0.05) is 12.1 Å². The lowest BCUT2D eigenvalue weighted by Crippen LogP contribution is -2.51. The summed E-state index contributed by atoms with van der Waals surface area (Å²) >= 11 is 0. The van der Waals surface area contributed by atoms with E-state index in [9.17, 15) is 14.0 Å². The zero-order valence-electron chi connectivity index (χ0n) is 17.5. The highest BCUT2D eigenvalue weighted by Gasteiger charge is 2.35. The molecule has 30 heavy (non-hydrogen) atoms. The standard InChI is InChI=1S/C23H31FN4O2/c24-18-5-4-6-19(15-18)25-22(29)16-26-11-13-27(14-12-26)17-23(30)28(21-9-10-21)20-7-2-1-3-8-20/h4-7,15,21H,1-3,8-14,16-17H2,(H,25,29). The summed E-state index contributed by atoms with van der Waals surface area (Å²) in [4.78, 5) is 31.6. The van der Waals surface area contributed by atoms with Gasteiger partial charge in [0.2, 0.25) is 11.8 Å². The van der Waals surface area contributed by atoms with E-state index in [2.05, 4.69) is 26.1 Å². The predicted molar refractivity (Wildman–Crippen MR) is 114 cm³/mol. The second-order valence-corrected chi connectivity index (χ2v) is 8.55. The largest absolute Gasteiger partial charge is 0.325 e. The zero-order valence-corrected chi connectivity index (χ0v) is 17.5. The Balaban J connectivity index is 1.22. The van der Waals surface area contributed by atoms with Gasteiger partial charge in [-0.15, -0.1) is 0 Å². The number of halogens is 1. The number of benzene rings is 1. The molecule has 0 bridgehead atoms. The summed E-state index contributed by atoms with van der Waals surface area (Å²) in [5.41, 5.74) is 1.71. The van der Waals surface area contributed by atoms with Gasteiger partial charge in [-0.3, -0.25) is 19.4 Å². The number of carbonyl (C=O) groups is 2. The third kappa shape index (κ3) is 5.67. The van der Waals surface area contributed by atoms with Gasteiger partial charge < -0.3 is 10.2 Å². The number of piperazine rings is 1. The van der Waals surface area contributed by atoms with E-state index in [0.29, 0.717) is 18.3 Å². The predicted octanol–water partition coefficient (Wildman–Crippen LogP) is 2.83. The smallest absolute Gasteiger partial charge is 0.241 e. The molecule has 0 unspecified atom stereocenters. The number of nitrogens with one attached hydrogen (secondary N) is 1. The maximum Gasteiger partial charge on any atom is 0.241 e. The molecule has 3 aliphatic rings. The van der Waals surface area contributed by atoms with Crippen molar-refractivity contribution in [2.24, 2.45) is 0 Å². The number of hydrogen-bond acceptors (Lipinski definition) is 4. The van der Waals surface area contributed by atoms with Crippen LogP contribution in [0.3, 0.4) is 0 Å². The van der Waals surface area contributed by atoms with Gasteiger partial charge in [-0.25, -0.2) is 4.39 Å². The van der Waals surface area contributed by atoms with Crippen LogP contribution in [0.5, 0.6) is 0 Å². The number of anilines is 1. The lowest BCUT2D eigenvalue weighted by atomic mass is 10.0. The van der Waals surface area contributed by atoms with Crippen LogP contribution in [0.4, 0.5) is 10.1 Å². The number of amides is 2.